The normalized spacial score (nSPS) is 12.9. The number of benzene rings is 1. The SMILES string of the molecule is C[C@H](N)c1cccc(F)c1OCC(F)F. The number of ether oxygens (including phenoxy) is 1. The number of alkyl halides is 2. The first-order chi connectivity index (χ1) is 7.02. The highest BCUT2D eigenvalue weighted by Crippen LogP contribution is 2.27. The summed E-state index contributed by atoms with van der Waals surface area (Å²) in [6.07, 6.45) is -2.63. The Morgan fingerprint density at radius 2 is 2.07 bits per heavy atom. The summed E-state index contributed by atoms with van der Waals surface area (Å²) in [5, 5.41) is 0. The summed E-state index contributed by atoms with van der Waals surface area (Å²) in [6, 6.07) is 3.69. The number of halogens is 3. The molecule has 15 heavy (non-hydrogen) atoms. The van der Waals surface area contributed by atoms with Gasteiger partial charge in [-0.2, -0.15) is 0 Å². The zero-order valence-electron chi connectivity index (χ0n) is 8.21. The van der Waals surface area contributed by atoms with Crippen LogP contribution in [0.5, 0.6) is 5.75 Å². The Labute approximate surface area is 85.8 Å². The standard InChI is InChI=1S/C10H12F3NO/c1-6(14)7-3-2-4-8(11)10(7)15-5-9(12)13/h2-4,6,9H,5,14H2,1H3/t6-/m0/s1. The summed E-state index contributed by atoms with van der Waals surface area (Å²) >= 11 is 0. The largest absolute Gasteiger partial charge is 0.484 e. The molecule has 0 aromatic heterocycles. The molecule has 2 N–H and O–H groups in total. The van der Waals surface area contributed by atoms with Crippen LogP contribution < -0.4 is 10.5 Å². The molecule has 0 radical (unpaired) electrons. The number of nitrogens with two attached hydrogens (primary N) is 1. The van der Waals surface area contributed by atoms with Crippen LogP contribution in [0.3, 0.4) is 0 Å². The highest BCUT2D eigenvalue weighted by Gasteiger charge is 2.14. The van der Waals surface area contributed by atoms with Gasteiger partial charge in [-0.05, 0) is 13.0 Å². The van der Waals surface area contributed by atoms with Crippen molar-refractivity contribution in [2.75, 3.05) is 6.61 Å². The lowest BCUT2D eigenvalue weighted by atomic mass is 10.1. The number of para-hydroxylation sites is 1. The molecule has 0 spiro atoms. The van der Waals surface area contributed by atoms with Crippen molar-refractivity contribution in [2.24, 2.45) is 5.73 Å². The molecule has 0 bridgehead atoms. The van der Waals surface area contributed by atoms with Crippen LogP contribution in [0.4, 0.5) is 13.2 Å². The highest BCUT2D eigenvalue weighted by molar-refractivity contribution is 5.36. The van der Waals surface area contributed by atoms with Gasteiger partial charge < -0.3 is 10.5 Å². The fourth-order valence-corrected chi connectivity index (χ4v) is 1.18. The van der Waals surface area contributed by atoms with E-state index >= 15 is 0 Å². The zero-order valence-corrected chi connectivity index (χ0v) is 8.21. The van der Waals surface area contributed by atoms with Gasteiger partial charge >= 0.3 is 0 Å². The molecule has 0 saturated carbocycles. The quantitative estimate of drug-likeness (QED) is 0.844. The summed E-state index contributed by atoms with van der Waals surface area (Å²) in [5.41, 5.74) is 5.94. The average molecular weight is 219 g/mol. The fraction of sp³-hybridized carbons (Fsp3) is 0.400. The van der Waals surface area contributed by atoms with Crippen molar-refractivity contribution in [1.29, 1.82) is 0 Å². The zero-order chi connectivity index (χ0) is 11.4. The predicted molar refractivity (Wildman–Crippen MR) is 50.5 cm³/mol. The van der Waals surface area contributed by atoms with Gasteiger partial charge in [0.25, 0.3) is 6.43 Å². The van der Waals surface area contributed by atoms with Gasteiger partial charge in [-0.15, -0.1) is 0 Å². The molecule has 0 fully saturated rings. The van der Waals surface area contributed by atoms with E-state index in [4.69, 9.17) is 5.73 Å². The molecule has 1 aromatic carbocycles. The minimum absolute atomic E-state index is 0.187. The second-order valence-corrected chi connectivity index (χ2v) is 3.15. The molecule has 5 heteroatoms. The van der Waals surface area contributed by atoms with Crippen LogP contribution in [0, 0.1) is 5.82 Å². The molecule has 1 atom stereocenters. The molecule has 0 amide bonds. The van der Waals surface area contributed by atoms with Crippen molar-refractivity contribution in [3.63, 3.8) is 0 Å². The van der Waals surface area contributed by atoms with Crippen molar-refractivity contribution < 1.29 is 17.9 Å². The Morgan fingerprint density at radius 1 is 1.40 bits per heavy atom. The molecule has 0 aliphatic heterocycles. The lowest BCUT2D eigenvalue weighted by Crippen LogP contribution is -2.13. The topological polar surface area (TPSA) is 35.2 Å². The maximum Gasteiger partial charge on any atom is 0.272 e. The Morgan fingerprint density at radius 3 is 2.60 bits per heavy atom. The van der Waals surface area contributed by atoms with Crippen LogP contribution in [0.2, 0.25) is 0 Å². The molecular formula is C10H12F3NO. The number of rotatable bonds is 4. The summed E-state index contributed by atoms with van der Waals surface area (Å²) in [4.78, 5) is 0. The molecule has 0 saturated heterocycles. The molecular weight excluding hydrogens is 207 g/mol. The predicted octanol–water partition coefficient (Wildman–Crippen LogP) is 2.49. The van der Waals surface area contributed by atoms with E-state index in [0.717, 1.165) is 6.07 Å². The number of hydrogen-bond donors (Lipinski definition) is 1. The molecule has 0 aliphatic carbocycles. The Balaban J connectivity index is 2.92. The van der Waals surface area contributed by atoms with Gasteiger partial charge in [0.15, 0.2) is 11.6 Å². The van der Waals surface area contributed by atoms with Crippen LogP contribution in [0.25, 0.3) is 0 Å². The van der Waals surface area contributed by atoms with Crippen LogP contribution in [0.1, 0.15) is 18.5 Å². The minimum Gasteiger partial charge on any atom is -0.484 e. The van der Waals surface area contributed by atoms with Crippen LogP contribution in [-0.2, 0) is 0 Å². The lowest BCUT2D eigenvalue weighted by molar-refractivity contribution is 0.0792. The molecule has 0 heterocycles. The summed E-state index contributed by atoms with van der Waals surface area (Å²) in [6.45, 7) is 0.796. The van der Waals surface area contributed by atoms with Crippen LogP contribution in [0.15, 0.2) is 18.2 Å². The molecule has 0 aliphatic rings. The van der Waals surface area contributed by atoms with Gasteiger partial charge in [-0.1, -0.05) is 12.1 Å². The minimum atomic E-state index is -2.63. The van der Waals surface area contributed by atoms with E-state index in [1.165, 1.54) is 6.07 Å². The monoisotopic (exact) mass is 219 g/mol. The van der Waals surface area contributed by atoms with E-state index in [9.17, 15) is 13.2 Å². The van der Waals surface area contributed by atoms with Gasteiger partial charge in [0, 0.05) is 11.6 Å². The second-order valence-electron chi connectivity index (χ2n) is 3.15. The molecule has 0 unspecified atom stereocenters. The van der Waals surface area contributed by atoms with Crippen molar-refractivity contribution in [1.82, 2.24) is 0 Å². The van der Waals surface area contributed by atoms with Crippen molar-refractivity contribution in [2.45, 2.75) is 19.4 Å². The smallest absolute Gasteiger partial charge is 0.272 e. The van der Waals surface area contributed by atoms with E-state index in [-0.39, 0.29) is 5.75 Å². The van der Waals surface area contributed by atoms with Gasteiger partial charge in [-0.25, -0.2) is 13.2 Å². The number of hydrogen-bond acceptors (Lipinski definition) is 2. The van der Waals surface area contributed by atoms with E-state index in [2.05, 4.69) is 4.74 Å². The second kappa shape index (κ2) is 5.02. The van der Waals surface area contributed by atoms with E-state index < -0.39 is 24.9 Å². The van der Waals surface area contributed by atoms with Gasteiger partial charge in [0.2, 0.25) is 0 Å². The summed E-state index contributed by atoms with van der Waals surface area (Å²) in [5.74, 6) is -0.863. The Kier molecular flexibility index (Phi) is 3.96. The fourth-order valence-electron chi connectivity index (χ4n) is 1.18. The molecule has 2 nitrogen and oxygen atoms in total. The van der Waals surface area contributed by atoms with Crippen molar-refractivity contribution in [3.8, 4) is 5.75 Å². The van der Waals surface area contributed by atoms with Crippen molar-refractivity contribution >= 4 is 0 Å². The van der Waals surface area contributed by atoms with Gasteiger partial charge in [0.1, 0.15) is 6.61 Å². The van der Waals surface area contributed by atoms with E-state index in [1.54, 1.807) is 13.0 Å². The maximum absolute atomic E-state index is 13.2. The first-order valence-electron chi connectivity index (χ1n) is 4.47. The highest BCUT2D eigenvalue weighted by atomic mass is 19.3. The van der Waals surface area contributed by atoms with Gasteiger partial charge in [-0.3, -0.25) is 0 Å². The molecule has 1 aromatic rings. The third-order valence-electron chi connectivity index (χ3n) is 1.84. The van der Waals surface area contributed by atoms with E-state index in [1.807, 2.05) is 0 Å². The van der Waals surface area contributed by atoms with Crippen molar-refractivity contribution in [3.05, 3.63) is 29.6 Å². The van der Waals surface area contributed by atoms with Crippen LogP contribution >= 0.6 is 0 Å². The summed E-state index contributed by atoms with van der Waals surface area (Å²) in [7, 11) is 0. The van der Waals surface area contributed by atoms with Crippen LogP contribution in [-0.4, -0.2) is 13.0 Å². The Bertz CT molecular complexity index is 328. The first kappa shape index (κ1) is 11.8. The van der Waals surface area contributed by atoms with E-state index in [0.29, 0.717) is 5.56 Å². The first-order valence-corrected chi connectivity index (χ1v) is 4.47. The third kappa shape index (κ3) is 3.13. The third-order valence-corrected chi connectivity index (χ3v) is 1.84. The Hall–Kier alpha value is -1.23. The molecule has 84 valence electrons. The average Bonchev–Trinajstić information content (AvgIpc) is 2.15. The van der Waals surface area contributed by atoms with Gasteiger partial charge in [0.05, 0.1) is 0 Å². The molecule has 1 rings (SSSR count). The summed E-state index contributed by atoms with van der Waals surface area (Å²) < 4.78 is 41.7. The lowest BCUT2D eigenvalue weighted by Gasteiger charge is -2.14. The maximum atomic E-state index is 13.2.